The molecule has 1 aromatic rings. The van der Waals surface area contributed by atoms with Gasteiger partial charge in [-0.15, -0.1) is 0 Å². The Morgan fingerprint density at radius 2 is 2.21 bits per heavy atom. The molecule has 1 saturated carbocycles. The predicted molar refractivity (Wildman–Crippen MR) is 73.2 cm³/mol. The third-order valence-electron chi connectivity index (χ3n) is 4.16. The molecule has 2 rings (SSSR count). The zero-order valence-electron chi connectivity index (χ0n) is 11.7. The second kappa shape index (κ2) is 6.24. The van der Waals surface area contributed by atoms with Crippen molar-refractivity contribution in [1.29, 1.82) is 0 Å². The normalized spacial score (nSPS) is 23.5. The molecule has 0 aromatic carbocycles. The number of carboxylic acids is 1. The van der Waals surface area contributed by atoms with Gasteiger partial charge in [-0.2, -0.15) is 0 Å². The molecule has 1 aliphatic rings. The first-order chi connectivity index (χ1) is 9.08. The first-order valence-electron chi connectivity index (χ1n) is 7.11. The van der Waals surface area contributed by atoms with Gasteiger partial charge >= 0.3 is 5.97 Å². The third-order valence-corrected chi connectivity index (χ3v) is 4.16. The quantitative estimate of drug-likeness (QED) is 0.858. The van der Waals surface area contributed by atoms with Crippen LogP contribution in [0.5, 0.6) is 0 Å². The smallest absolute Gasteiger partial charge is 0.372 e. The van der Waals surface area contributed by atoms with Crippen molar-refractivity contribution in [2.45, 2.75) is 46.1 Å². The molecule has 4 heteroatoms. The topological polar surface area (TPSA) is 62.5 Å². The van der Waals surface area contributed by atoms with E-state index >= 15 is 0 Å². The van der Waals surface area contributed by atoms with Crippen LogP contribution < -0.4 is 5.32 Å². The van der Waals surface area contributed by atoms with Crippen LogP contribution in [0.2, 0.25) is 0 Å². The summed E-state index contributed by atoms with van der Waals surface area (Å²) in [7, 11) is 0. The van der Waals surface area contributed by atoms with Crippen molar-refractivity contribution in [2.75, 3.05) is 6.54 Å². The minimum Gasteiger partial charge on any atom is -0.475 e. The fourth-order valence-corrected chi connectivity index (χ4v) is 2.92. The second-order valence-electron chi connectivity index (χ2n) is 5.68. The first-order valence-corrected chi connectivity index (χ1v) is 7.11. The van der Waals surface area contributed by atoms with E-state index < -0.39 is 5.97 Å². The van der Waals surface area contributed by atoms with Gasteiger partial charge in [-0.3, -0.25) is 0 Å². The largest absolute Gasteiger partial charge is 0.475 e. The number of hydrogen-bond acceptors (Lipinski definition) is 3. The van der Waals surface area contributed by atoms with Crippen LogP contribution in [-0.4, -0.2) is 17.6 Å². The Bertz CT molecular complexity index is 439. The lowest BCUT2D eigenvalue weighted by Gasteiger charge is -2.28. The summed E-state index contributed by atoms with van der Waals surface area (Å²) in [6.45, 7) is 5.69. The van der Waals surface area contributed by atoms with E-state index in [1.807, 2.05) is 0 Å². The Balaban J connectivity index is 1.82. The lowest BCUT2D eigenvalue weighted by atomic mass is 9.80. The highest BCUT2D eigenvalue weighted by molar-refractivity contribution is 5.86. The Morgan fingerprint density at radius 1 is 1.47 bits per heavy atom. The van der Waals surface area contributed by atoms with E-state index in [0.717, 1.165) is 18.4 Å². The summed E-state index contributed by atoms with van der Waals surface area (Å²) in [6.07, 6.45) is 5.32. The standard InChI is InChI=1S/C15H23NO3/c1-10-5-3-4-6-12(10)8-16-9-13-7-11(2)14(19-13)15(17)18/h7,10,12,16H,3-6,8-9H2,1-2H3,(H,17,18). The van der Waals surface area contributed by atoms with Gasteiger partial charge in [-0.05, 0) is 37.8 Å². The Labute approximate surface area is 114 Å². The molecule has 106 valence electrons. The van der Waals surface area contributed by atoms with Gasteiger partial charge in [-0.25, -0.2) is 4.79 Å². The van der Waals surface area contributed by atoms with E-state index in [0.29, 0.717) is 17.9 Å². The van der Waals surface area contributed by atoms with Gasteiger partial charge in [0.2, 0.25) is 5.76 Å². The summed E-state index contributed by atoms with van der Waals surface area (Å²) >= 11 is 0. The Kier molecular flexibility index (Phi) is 4.64. The lowest BCUT2D eigenvalue weighted by molar-refractivity contribution is 0.0659. The Morgan fingerprint density at radius 3 is 2.84 bits per heavy atom. The molecule has 0 aliphatic heterocycles. The highest BCUT2D eigenvalue weighted by atomic mass is 16.4. The summed E-state index contributed by atoms with van der Waals surface area (Å²) in [5, 5.41) is 12.3. The monoisotopic (exact) mass is 265 g/mol. The fraction of sp³-hybridized carbons (Fsp3) is 0.667. The van der Waals surface area contributed by atoms with Crippen LogP contribution in [0.25, 0.3) is 0 Å². The van der Waals surface area contributed by atoms with Crippen LogP contribution in [-0.2, 0) is 6.54 Å². The van der Waals surface area contributed by atoms with Gasteiger partial charge < -0.3 is 14.8 Å². The maximum absolute atomic E-state index is 10.9. The molecule has 0 bridgehead atoms. The van der Waals surface area contributed by atoms with E-state index in [4.69, 9.17) is 9.52 Å². The van der Waals surface area contributed by atoms with Crippen molar-refractivity contribution in [1.82, 2.24) is 5.32 Å². The van der Waals surface area contributed by atoms with Crippen LogP contribution in [0.4, 0.5) is 0 Å². The number of furan rings is 1. The van der Waals surface area contributed by atoms with E-state index in [1.54, 1.807) is 13.0 Å². The van der Waals surface area contributed by atoms with Crippen LogP contribution in [0.3, 0.4) is 0 Å². The van der Waals surface area contributed by atoms with Crippen LogP contribution >= 0.6 is 0 Å². The maximum atomic E-state index is 10.9. The number of aromatic carboxylic acids is 1. The van der Waals surface area contributed by atoms with Crippen molar-refractivity contribution in [3.63, 3.8) is 0 Å². The first kappa shape index (κ1) is 14.1. The van der Waals surface area contributed by atoms with Gasteiger partial charge in [0.05, 0.1) is 6.54 Å². The molecule has 2 N–H and O–H groups in total. The second-order valence-corrected chi connectivity index (χ2v) is 5.68. The minimum atomic E-state index is -0.996. The Hall–Kier alpha value is -1.29. The SMILES string of the molecule is Cc1cc(CNCC2CCCCC2C)oc1C(=O)O. The molecule has 1 aromatic heterocycles. The number of carboxylic acid groups (broad SMARTS) is 1. The van der Waals surface area contributed by atoms with Crippen molar-refractivity contribution in [2.24, 2.45) is 11.8 Å². The van der Waals surface area contributed by atoms with Gasteiger partial charge in [0.1, 0.15) is 5.76 Å². The van der Waals surface area contributed by atoms with E-state index in [2.05, 4.69) is 12.2 Å². The van der Waals surface area contributed by atoms with Crippen molar-refractivity contribution in [3.8, 4) is 0 Å². The van der Waals surface area contributed by atoms with E-state index in [-0.39, 0.29) is 5.76 Å². The van der Waals surface area contributed by atoms with Crippen molar-refractivity contribution >= 4 is 5.97 Å². The van der Waals surface area contributed by atoms with Crippen molar-refractivity contribution < 1.29 is 14.3 Å². The highest BCUT2D eigenvalue weighted by Gasteiger charge is 2.21. The van der Waals surface area contributed by atoms with Crippen LogP contribution in [0.15, 0.2) is 10.5 Å². The summed E-state index contributed by atoms with van der Waals surface area (Å²) in [4.78, 5) is 10.9. The summed E-state index contributed by atoms with van der Waals surface area (Å²) in [5.74, 6) is 1.30. The molecular formula is C15H23NO3. The molecular weight excluding hydrogens is 242 g/mol. The lowest BCUT2D eigenvalue weighted by Crippen LogP contribution is -2.28. The predicted octanol–water partition coefficient (Wildman–Crippen LogP) is 3.20. The number of rotatable bonds is 5. The van der Waals surface area contributed by atoms with Gasteiger partial charge in [0.15, 0.2) is 0 Å². The molecule has 1 heterocycles. The molecule has 4 nitrogen and oxygen atoms in total. The van der Waals surface area contributed by atoms with Gasteiger partial charge in [0, 0.05) is 5.56 Å². The molecule has 0 saturated heterocycles. The molecule has 1 fully saturated rings. The highest BCUT2D eigenvalue weighted by Crippen LogP contribution is 2.28. The minimum absolute atomic E-state index is 0.0582. The summed E-state index contributed by atoms with van der Waals surface area (Å²) < 4.78 is 5.33. The van der Waals surface area contributed by atoms with Gasteiger partial charge in [0.25, 0.3) is 0 Å². The van der Waals surface area contributed by atoms with Gasteiger partial charge in [-0.1, -0.05) is 26.2 Å². The maximum Gasteiger partial charge on any atom is 0.372 e. The van der Waals surface area contributed by atoms with E-state index in [9.17, 15) is 4.79 Å². The average molecular weight is 265 g/mol. The number of carbonyl (C=O) groups is 1. The summed E-state index contributed by atoms with van der Waals surface area (Å²) in [5.41, 5.74) is 0.690. The molecule has 2 unspecified atom stereocenters. The third kappa shape index (κ3) is 3.60. The molecule has 2 atom stereocenters. The zero-order chi connectivity index (χ0) is 13.8. The zero-order valence-corrected chi connectivity index (χ0v) is 11.7. The average Bonchev–Trinajstić information content (AvgIpc) is 2.73. The van der Waals surface area contributed by atoms with E-state index in [1.165, 1.54) is 25.7 Å². The van der Waals surface area contributed by atoms with Crippen LogP contribution in [0.1, 0.15) is 54.5 Å². The van der Waals surface area contributed by atoms with Crippen LogP contribution in [0, 0.1) is 18.8 Å². The molecule has 19 heavy (non-hydrogen) atoms. The number of nitrogens with one attached hydrogen (secondary N) is 1. The molecule has 0 amide bonds. The molecule has 0 spiro atoms. The fourth-order valence-electron chi connectivity index (χ4n) is 2.92. The number of hydrogen-bond donors (Lipinski definition) is 2. The number of aryl methyl sites for hydroxylation is 1. The molecule has 0 radical (unpaired) electrons. The summed E-state index contributed by atoms with van der Waals surface area (Å²) in [6, 6.07) is 1.81. The molecule has 1 aliphatic carbocycles. The van der Waals surface area contributed by atoms with Crippen molar-refractivity contribution in [3.05, 3.63) is 23.2 Å².